The van der Waals surface area contributed by atoms with E-state index in [1.165, 1.54) is 12.3 Å². The Morgan fingerprint density at radius 1 is 1.29 bits per heavy atom. The molecule has 112 valence electrons. The van der Waals surface area contributed by atoms with Crippen molar-refractivity contribution in [1.82, 2.24) is 14.9 Å². The van der Waals surface area contributed by atoms with Gasteiger partial charge in [-0.05, 0) is 19.5 Å². The van der Waals surface area contributed by atoms with Gasteiger partial charge in [-0.1, -0.05) is 25.1 Å². The molecule has 1 aromatic carbocycles. The standard InChI is InChI=1S/C16H21N3O2/c1-3-18-14(11-19-12-17-10-9-16(19)20)13-7-5-6-8-15(13)21-4-2/h5-10,12,14,18H,3-4,11H2,1-2H3. The summed E-state index contributed by atoms with van der Waals surface area (Å²) in [4.78, 5) is 15.9. The Kier molecular flexibility index (Phi) is 5.51. The Bertz CT molecular complexity index is 625. The van der Waals surface area contributed by atoms with E-state index < -0.39 is 0 Å². The molecule has 0 aliphatic rings. The predicted molar refractivity (Wildman–Crippen MR) is 82.5 cm³/mol. The first-order chi connectivity index (χ1) is 10.3. The monoisotopic (exact) mass is 287 g/mol. The Hall–Kier alpha value is -2.14. The van der Waals surface area contributed by atoms with Gasteiger partial charge in [0, 0.05) is 24.4 Å². The van der Waals surface area contributed by atoms with Crippen LogP contribution in [0.15, 0.2) is 47.7 Å². The summed E-state index contributed by atoms with van der Waals surface area (Å²) in [6.07, 6.45) is 3.07. The summed E-state index contributed by atoms with van der Waals surface area (Å²) in [6.45, 7) is 5.94. The molecule has 0 radical (unpaired) electrons. The first-order valence-electron chi connectivity index (χ1n) is 7.21. The predicted octanol–water partition coefficient (Wildman–Crippen LogP) is 1.99. The Balaban J connectivity index is 2.31. The van der Waals surface area contributed by atoms with Gasteiger partial charge in [-0.15, -0.1) is 0 Å². The Morgan fingerprint density at radius 2 is 2.10 bits per heavy atom. The largest absolute Gasteiger partial charge is 0.494 e. The lowest BCUT2D eigenvalue weighted by Crippen LogP contribution is -2.30. The lowest BCUT2D eigenvalue weighted by atomic mass is 10.1. The van der Waals surface area contributed by atoms with Crippen molar-refractivity contribution in [2.24, 2.45) is 0 Å². The molecule has 0 spiro atoms. The fraction of sp³-hybridized carbons (Fsp3) is 0.375. The second-order valence-electron chi connectivity index (χ2n) is 4.65. The smallest absolute Gasteiger partial charge is 0.253 e. The van der Waals surface area contributed by atoms with Crippen molar-refractivity contribution >= 4 is 0 Å². The van der Waals surface area contributed by atoms with Crippen molar-refractivity contribution in [1.29, 1.82) is 0 Å². The van der Waals surface area contributed by atoms with Crippen LogP contribution in [0.1, 0.15) is 25.5 Å². The number of aromatic nitrogens is 2. The van der Waals surface area contributed by atoms with Crippen LogP contribution < -0.4 is 15.6 Å². The Morgan fingerprint density at radius 3 is 2.81 bits per heavy atom. The van der Waals surface area contributed by atoms with E-state index in [-0.39, 0.29) is 11.6 Å². The van der Waals surface area contributed by atoms with Crippen LogP contribution in [0.3, 0.4) is 0 Å². The van der Waals surface area contributed by atoms with E-state index in [1.54, 1.807) is 10.9 Å². The van der Waals surface area contributed by atoms with Gasteiger partial charge in [0.1, 0.15) is 5.75 Å². The molecule has 1 heterocycles. The van der Waals surface area contributed by atoms with Crippen molar-refractivity contribution < 1.29 is 4.74 Å². The molecule has 21 heavy (non-hydrogen) atoms. The van der Waals surface area contributed by atoms with Gasteiger partial charge in [0.15, 0.2) is 0 Å². The summed E-state index contributed by atoms with van der Waals surface area (Å²) in [5, 5.41) is 3.41. The molecule has 1 N–H and O–H groups in total. The van der Waals surface area contributed by atoms with E-state index >= 15 is 0 Å². The fourth-order valence-electron chi connectivity index (χ4n) is 2.29. The van der Waals surface area contributed by atoms with Crippen LogP contribution in [0.2, 0.25) is 0 Å². The van der Waals surface area contributed by atoms with Gasteiger partial charge in [-0.3, -0.25) is 9.36 Å². The second kappa shape index (κ2) is 7.59. The molecule has 1 aromatic heterocycles. The lowest BCUT2D eigenvalue weighted by Gasteiger charge is -2.21. The molecular weight excluding hydrogens is 266 g/mol. The number of ether oxygens (including phenoxy) is 1. The first kappa shape index (κ1) is 15.3. The summed E-state index contributed by atoms with van der Waals surface area (Å²) < 4.78 is 7.30. The normalized spacial score (nSPS) is 12.1. The molecule has 0 bridgehead atoms. The minimum Gasteiger partial charge on any atom is -0.494 e. The number of hydrogen-bond donors (Lipinski definition) is 1. The summed E-state index contributed by atoms with van der Waals surface area (Å²) in [7, 11) is 0. The number of hydrogen-bond acceptors (Lipinski definition) is 4. The third kappa shape index (κ3) is 3.92. The maximum Gasteiger partial charge on any atom is 0.253 e. The van der Waals surface area contributed by atoms with E-state index in [1.807, 2.05) is 38.1 Å². The van der Waals surface area contributed by atoms with Crippen molar-refractivity contribution in [2.45, 2.75) is 26.4 Å². The van der Waals surface area contributed by atoms with Crippen molar-refractivity contribution in [3.63, 3.8) is 0 Å². The van der Waals surface area contributed by atoms with Crippen molar-refractivity contribution in [3.05, 3.63) is 58.8 Å². The number of likely N-dealkylation sites (N-methyl/N-ethyl adjacent to an activating group) is 1. The Labute approximate surface area is 124 Å². The molecule has 0 saturated heterocycles. The summed E-state index contributed by atoms with van der Waals surface area (Å²) in [5.74, 6) is 0.850. The van der Waals surface area contributed by atoms with Gasteiger partial charge in [0.05, 0.1) is 19.0 Å². The average molecular weight is 287 g/mol. The molecule has 2 rings (SSSR count). The first-order valence-corrected chi connectivity index (χ1v) is 7.21. The minimum absolute atomic E-state index is 0.000324. The van der Waals surface area contributed by atoms with Gasteiger partial charge >= 0.3 is 0 Å². The molecule has 1 atom stereocenters. The van der Waals surface area contributed by atoms with Crippen LogP contribution in [0.4, 0.5) is 0 Å². The quantitative estimate of drug-likeness (QED) is 0.846. The third-order valence-electron chi connectivity index (χ3n) is 3.22. The summed E-state index contributed by atoms with van der Waals surface area (Å²) >= 11 is 0. The molecule has 5 heteroatoms. The highest BCUT2D eigenvalue weighted by Crippen LogP contribution is 2.26. The molecule has 2 aromatic rings. The van der Waals surface area contributed by atoms with Crippen molar-refractivity contribution in [2.75, 3.05) is 13.2 Å². The van der Waals surface area contributed by atoms with E-state index in [2.05, 4.69) is 10.3 Å². The number of nitrogens with one attached hydrogen (secondary N) is 1. The summed E-state index contributed by atoms with van der Waals surface area (Å²) in [5.41, 5.74) is 0.999. The van der Waals surface area contributed by atoms with Crippen LogP contribution in [0.5, 0.6) is 5.75 Å². The lowest BCUT2D eigenvalue weighted by molar-refractivity contribution is 0.328. The molecule has 1 unspecified atom stereocenters. The molecule has 5 nitrogen and oxygen atoms in total. The zero-order chi connectivity index (χ0) is 15.1. The molecule has 0 amide bonds. The highest BCUT2D eigenvalue weighted by Gasteiger charge is 2.16. The number of para-hydroxylation sites is 1. The van der Waals surface area contributed by atoms with Crippen LogP contribution in [-0.2, 0) is 6.54 Å². The van der Waals surface area contributed by atoms with Gasteiger partial charge in [-0.2, -0.15) is 0 Å². The van der Waals surface area contributed by atoms with E-state index in [4.69, 9.17) is 4.74 Å². The minimum atomic E-state index is -0.0539. The average Bonchev–Trinajstić information content (AvgIpc) is 2.50. The molecular formula is C16H21N3O2. The number of benzene rings is 1. The second-order valence-corrected chi connectivity index (χ2v) is 4.65. The fourth-order valence-corrected chi connectivity index (χ4v) is 2.29. The van der Waals surface area contributed by atoms with Gasteiger partial charge < -0.3 is 10.1 Å². The number of rotatable bonds is 7. The molecule has 0 aliphatic carbocycles. The maximum absolute atomic E-state index is 11.9. The van der Waals surface area contributed by atoms with E-state index in [9.17, 15) is 4.79 Å². The van der Waals surface area contributed by atoms with E-state index in [0.717, 1.165) is 17.9 Å². The molecule has 0 aliphatic heterocycles. The zero-order valence-electron chi connectivity index (χ0n) is 12.5. The maximum atomic E-state index is 11.9. The highest BCUT2D eigenvalue weighted by molar-refractivity contribution is 5.36. The van der Waals surface area contributed by atoms with Gasteiger partial charge in [-0.25, -0.2) is 4.98 Å². The topological polar surface area (TPSA) is 56.2 Å². The van der Waals surface area contributed by atoms with Crippen LogP contribution in [0.25, 0.3) is 0 Å². The molecule has 0 saturated carbocycles. The van der Waals surface area contributed by atoms with Gasteiger partial charge in [0.2, 0.25) is 0 Å². The van der Waals surface area contributed by atoms with Crippen LogP contribution in [-0.4, -0.2) is 22.7 Å². The highest BCUT2D eigenvalue weighted by atomic mass is 16.5. The van der Waals surface area contributed by atoms with E-state index in [0.29, 0.717) is 13.2 Å². The van der Waals surface area contributed by atoms with Crippen molar-refractivity contribution in [3.8, 4) is 5.75 Å². The zero-order valence-corrected chi connectivity index (χ0v) is 12.5. The summed E-state index contributed by atoms with van der Waals surface area (Å²) in [6, 6.07) is 9.38. The van der Waals surface area contributed by atoms with Crippen LogP contribution >= 0.6 is 0 Å². The van der Waals surface area contributed by atoms with Crippen LogP contribution in [0, 0.1) is 0 Å². The number of nitrogens with zero attached hydrogens (tertiary/aromatic N) is 2. The van der Waals surface area contributed by atoms with Gasteiger partial charge in [0.25, 0.3) is 5.56 Å². The third-order valence-corrected chi connectivity index (χ3v) is 3.22. The molecule has 0 fully saturated rings. The SMILES string of the molecule is CCNC(Cn1cnccc1=O)c1ccccc1OCC.